The molecule has 0 spiro atoms. The average Bonchev–Trinajstić information content (AvgIpc) is 3.20. The minimum absolute atomic E-state index is 0.213. The number of carbonyl (C=O) groups excluding carboxylic acids is 1. The summed E-state index contributed by atoms with van der Waals surface area (Å²) >= 11 is 0. The van der Waals surface area contributed by atoms with Gasteiger partial charge in [0.2, 0.25) is 5.91 Å². The summed E-state index contributed by atoms with van der Waals surface area (Å²) in [5.74, 6) is 2.43. The molecule has 132 valence electrons. The third-order valence-corrected chi connectivity index (χ3v) is 5.97. The van der Waals surface area contributed by atoms with Crippen molar-refractivity contribution < 1.29 is 9.53 Å². The van der Waals surface area contributed by atoms with E-state index in [1.807, 2.05) is 19.2 Å². The number of hydrogen-bond acceptors (Lipinski definition) is 3. The van der Waals surface area contributed by atoms with Gasteiger partial charge in [0, 0.05) is 6.54 Å². The fourth-order valence-corrected chi connectivity index (χ4v) is 4.81. The van der Waals surface area contributed by atoms with Gasteiger partial charge in [-0.15, -0.1) is 0 Å². The predicted octanol–water partition coefficient (Wildman–Crippen LogP) is 2.77. The van der Waals surface area contributed by atoms with Crippen LogP contribution in [0.2, 0.25) is 0 Å². The van der Waals surface area contributed by atoms with Crippen LogP contribution < -0.4 is 15.4 Å². The molecule has 2 aliphatic rings. The van der Waals surface area contributed by atoms with Crippen LogP contribution in [0, 0.1) is 17.3 Å². The van der Waals surface area contributed by atoms with E-state index in [2.05, 4.69) is 22.8 Å². The standard InChI is InChI=1S/C20H30N2O2/c1-21-9-4-10-22-19(23)20(14-16-7-8-17(20)11-16)13-15-5-3-6-18(12-15)24-2/h3,5-6,12,16-17,21H,4,7-11,13-14H2,1-2H3,(H,22,23). The van der Waals surface area contributed by atoms with Gasteiger partial charge in [-0.25, -0.2) is 0 Å². The zero-order chi connectivity index (χ0) is 17.0. The molecule has 4 nitrogen and oxygen atoms in total. The van der Waals surface area contributed by atoms with Gasteiger partial charge in [-0.3, -0.25) is 4.79 Å². The Morgan fingerprint density at radius 2 is 2.21 bits per heavy atom. The van der Waals surface area contributed by atoms with Gasteiger partial charge in [-0.1, -0.05) is 18.6 Å². The number of carbonyl (C=O) groups is 1. The van der Waals surface area contributed by atoms with Gasteiger partial charge in [-0.2, -0.15) is 0 Å². The minimum Gasteiger partial charge on any atom is -0.497 e. The van der Waals surface area contributed by atoms with Crippen LogP contribution in [0.15, 0.2) is 24.3 Å². The first-order valence-electron chi connectivity index (χ1n) is 9.24. The Balaban J connectivity index is 1.75. The highest BCUT2D eigenvalue weighted by molar-refractivity contribution is 5.84. The van der Waals surface area contributed by atoms with Crippen molar-refractivity contribution in [3.63, 3.8) is 0 Å². The van der Waals surface area contributed by atoms with Crippen molar-refractivity contribution in [1.29, 1.82) is 0 Å². The zero-order valence-electron chi connectivity index (χ0n) is 14.9. The molecule has 1 aromatic carbocycles. The summed E-state index contributed by atoms with van der Waals surface area (Å²) in [5.41, 5.74) is 1.00. The number of benzene rings is 1. The van der Waals surface area contributed by atoms with E-state index in [0.717, 1.165) is 44.0 Å². The summed E-state index contributed by atoms with van der Waals surface area (Å²) in [4.78, 5) is 13.1. The molecule has 2 fully saturated rings. The molecule has 3 rings (SSSR count). The second-order valence-corrected chi connectivity index (χ2v) is 7.48. The number of rotatable bonds is 8. The van der Waals surface area contributed by atoms with E-state index in [1.165, 1.54) is 24.8 Å². The lowest BCUT2D eigenvalue weighted by molar-refractivity contribution is -0.134. The van der Waals surface area contributed by atoms with Gasteiger partial charge in [0.1, 0.15) is 5.75 Å². The van der Waals surface area contributed by atoms with Crippen molar-refractivity contribution in [3.05, 3.63) is 29.8 Å². The molecule has 1 aromatic rings. The predicted molar refractivity (Wildman–Crippen MR) is 96.1 cm³/mol. The van der Waals surface area contributed by atoms with Gasteiger partial charge >= 0.3 is 0 Å². The lowest BCUT2D eigenvalue weighted by atomic mass is 9.68. The topological polar surface area (TPSA) is 50.4 Å². The summed E-state index contributed by atoms with van der Waals surface area (Å²) in [6, 6.07) is 8.21. The van der Waals surface area contributed by atoms with E-state index in [0.29, 0.717) is 5.92 Å². The van der Waals surface area contributed by atoms with Gasteiger partial charge < -0.3 is 15.4 Å². The quantitative estimate of drug-likeness (QED) is 0.721. The fraction of sp³-hybridized carbons (Fsp3) is 0.650. The van der Waals surface area contributed by atoms with Crippen molar-refractivity contribution in [2.75, 3.05) is 27.2 Å². The number of nitrogens with one attached hydrogen (secondary N) is 2. The summed E-state index contributed by atoms with van der Waals surface area (Å²) in [6.45, 7) is 1.70. The summed E-state index contributed by atoms with van der Waals surface area (Å²) in [6.07, 6.45) is 6.60. The molecule has 4 heteroatoms. The first kappa shape index (κ1) is 17.3. The molecule has 0 radical (unpaired) electrons. The first-order valence-corrected chi connectivity index (χ1v) is 9.24. The first-order chi connectivity index (χ1) is 11.7. The lowest BCUT2D eigenvalue weighted by Gasteiger charge is -2.36. The van der Waals surface area contributed by atoms with Crippen LogP contribution in [0.4, 0.5) is 0 Å². The molecule has 0 aliphatic heterocycles. The van der Waals surface area contributed by atoms with E-state index < -0.39 is 0 Å². The molecule has 2 N–H and O–H groups in total. The molecule has 2 aliphatic carbocycles. The third-order valence-electron chi connectivity index (χ3n) is 5.97. The van der Waals surface area contributed by atoms with Crippen LogP contribution >= 0.6 is 0 Å². The largest absolute Gasteiger partial charge is 0.497 e. The van der Waals surface area contributed by atoms with Crippen LogP contribution in [0.25, 0.3) is 0 Å². The maximum absolute atomic E-state index is 13.1. The van der Waals surface area contributed by atoms with Crippen LogP contribution in [0.3, 0.4) is 0 Å². The molecule has 0 saturated heterocycles. The van der Waals surface area contributed by atoms with E-state index in [4.69, 9.17) is 4.74 Å². The normalized spacial score (nSPS) is 28.1. The molecule has 3 unspecified atom stereocenters. The van der Waals surface area contributed by atoms with Crippen molar-refractivity contribution in [2.45, 2.75) is 38.5 Å². The van der Waals surface area contributed by atoms with Crippen molar-refractivity contribution in [1.82, 2.24) is 10.6 Å². The minimum atomic E-state index is -0.213. The summed E-state index contributed by atoms with van der Waals surface area (Å²) < 4.78 is 5.36. The van der Waals surface area contributed by atoms with Gasteiger partial charge in [-0.05, 0) is 75.2 Å². The van der Waals surface area contributed by atoms with Crippen LogP contribution in [0.5, 0.6) is 5.75 Å². The fourth-order valence-electron chi connectivity index (χ4n) is 4.81. The van der Waals surface area contributed by atoms with Crippen molar-refractivity contribution in [2.24, 2.45) is 17.3 Å². The molecule has 0 heterocycles. The van der Waals surface area contributed by atoms with E-state index in [9.17, 15) is 4.79 Å². The highest BCUT2D eigenvalue weighted by Crippen LogP contribution is 2.57. The Morgan fingerprint density at radius 3 is 2.88 bits per heavy atom. The van der Waals surface area contributed by atoms with Crippen molar-refractivity contribution in [3.8, 4) is 5.75 Å². The smallest absolute Gasteiger partial charge is 0.226 e. The van der Waals surface area contributed by atoms with Gasteiger partial charge in [0.05, 0.1) is 12.5 Å². The summed E-state index contributed by atoms with van der Waals surface area (Å²) in [5, 5.41) is 6.36. The Kier molecular flexibility index (Phi) is 5.44. The number of hydrogen-bond donors (Lipinski definition) is 2. The molecule has 2 bridgehead atoms. The second-order valence-electron chi connectivity index (χ2n) is 7.48. The molecule has 3 atom stereocenters. The average molecular weight is 330 g/mol. The third kappa shape index (κ3) is 3.44. The Labute approximate surface area is 145 Å². The number of fused-ring (bicyclic) bond motifs is 2. The van der Waals surface area contributed by atoms with Crippen LogP contribution in [-0.2, 0) is 11.2 Å². The molecular weight excluding hydrogens is 300 g/mol. The zero-order valence-corrected chi connectivity index (χ0v) is 14.9. The van der Waals surface area contributed by atoms with E-state index >= 15 is 0 Å². The van der Waals surface area contributed by atoms with E-state index in [1.54, 1.807) is 7.11 Å². The lowest BCUT2D eigenvalue weighted by Crippen LogP contribution is -2.46. The maximum Gasteiger partial charge on any atom is 0.226 e. The number of amides is 1. The molecular formula is C20H30N2O2. The number of methoxy groups -OCH3 is 1. The second kappa shape index (κ2) is 7.56. The van der Waals surface area contributed by atoms with E-state index in [-0.39, 0.29) is 11.3 Å². The molecule has 2 saturated carbocycles. The Hall–Kier alpha value is -1.55. The Morgan fingerprint density at radius 1 is 1.33 bits per heavy atom. The van der Waals surface area contributed by atoms with Crippen LogP contribution in [-0.4, -0.2) is 33.2 Å². The highest BCUT2D eigenvalue weighted by Gasteiger charge is 2.55. The maximum atomic E-state index is 13.1. The SMILES string of the molecule is CNCCCNC(=O)C1(Cc2cccc(OC)c2)CC2CCC1C2. The highest BCUT2D eigenvalue weighted by atomic mass is 16.5. The molecule has 0 aromatic heterocycles. The summed E-state index contributed by atoms with van der Waals surface area (Å²) in [7, 11) is 3.64. The number of ether oxygens (including phenoxy) is 1. The monoisotopic (exact) mass is 330 g/mol. The molecule has 24 heavy (non-hydrogen) atoms. The Bertz CT molecular complexity index is 575. The molecule has 1 amide bonds. The van der Waals surface area contributed by atoms with Crippen LogP contribution in [0.1, 0.15) is 37.7 Å². The van der Waals surface area contributed by atoms with Gasteiger partial charge in [0.15, 0.2) is 0 Å². The van der Waals surface area contributed by atoms with Gasteiger partial charge in [0.25, 0.3) is 0 Å². The van der Waals surface area contributed by atoms with Crippen molar-refractivity contribution >= 4 is 5.91 Å².